The van der Waals surface area contributed by atoms with Gasteiger partial charge in [-0.3, -0.25) is 0 Å². The van der Waals surface area contributed by atoms with Crippen LogP contribution in [0.15, 0.2) is 42.5 Å². The molecule has 6 heteroatoms. The van der Waals surface area contributed by atoms with Crippen molar-refractivity contribution in [2.75, 3.05) is 10.6 Å². The molecule has 0 fully saturated rings. The predicted molar refractivity (Wildman–Crippen MR) is 83.1 cm³/mol. The highest BCUT2D eigenvalue weighted by Crippen LogP contribution is 2.19. The Labute approximate surface area is 127 Å². The largest absolute Gasteiger partial charge is 0.324 e. The minimum Gasteiger partial charge on any atom is -0.324 e. The molecule has 0 aromatic heterocycles. The fourth-order valence-electron chi connectivity index (χ4n) is 1.74. The van der Waals surface area contributed by atoms with Crippen molar-refractivity contribution in [3.8, 4) is 0 Å². The topological polar surface area (TPSA) is 67.1 Å². The van der Waals surface area contributed by atoms with Gasteiger partial charge in [-0.15, -0.1) is 0 Å². The number of amides is 2. The third kappa shape index (κ3) is 4.18. The van der Waals surface area contributed by atoms with Crippen molar-refractivity contribution in [3.05, 3.63) is 58.9 Å². The van der Waals surface area contributed by atoms with Gasteiger partial charge in [-0.25, -0.2) is 9.18 Å². The van der Waals surface area contributed by atoms with Gasteiger partial charge < -0.3 is 16.4 Å². The monoisotopic (exact) mass is 307 g/mol. The van der Waals surface area contributed by atoms with Gasteiger partial charge in [0.1, 0.15) is 5.82 Å². The molecular formula is C15H15ClFN3O. The van der Waals surface area contributed by atoms with Crippen molar-refractivity contribution in [2.45, 2.75) is 13.0 Å². The predicted octanol–water partition coefficient (Wildman–Crippen LogP) is 4.14. The van der Waals surface area contributed by atoms with E-state index in [2.05, 4.69) is 10.6 Å². The first kappa shape index (κ1) is 15.3. The molecule has 21 heavy (non-hydrogen) atoms. The third-order valence-corrected chi connectivity index (χ3v) is 3.18. The van der Waals surface area contributed by atoms with Crippen molar-refractivity contribution < 1.29 is 9.18 Å². The maximum atomic E-state index is 13.3. The van der Waals surface area contributed by atoms with Crippen LogP contribution in [-0.2, 0) is 0 Å². The van der Waals surface area contributed by atoms with Gasteiger partial charge in [-0.05, 0) is 42.8 Å². The van der Waals surface area contributed by atoms with Crippen LogP contribution in [0.1, 0.15) is 18.5 Å². The van der Waals surface area contributed by atoms with Crippen LogP contribution < -0.4 is 16.4 Å². The molecule has 4 nitrogen and oxygen atoms in total. The molecule has 0 aliphatic rings. The third-order valence-electron chi connectivity index (χ3n) is 2.87. The fourth-order valence-corrected chi connectivity index (χ4v) is 1.85. The first-order valence-electron chi connectivity index (χ1n) is 6.34. The molecule has 0 aliphatic carbocycles. The molecule has 0 saturated heterocycles. The first-order chi connectivity index (χ1) is 9.95. The van der Waals surface area contributed by atoms with Crippen molar-refractivity contribution in [1.29, 1.82) is 0 Å². The standard InChI is InChI=1S/C15H15ClFN3O/c1-9(18)10-2-4-11(5-3-10)19-15(21)20-12-6-7-13(16)14(17)8-12/h2-9H,18H2,1H3,(H2,19,20,21). The SMILES string of the molecule is CC(N)c1ccc(NC(=O)Nc2ccc(Cl)c(F)c2)cc1. The Morgan fingerprint density at radius 3 is 2.29 bits per heavy atom. The Balaban J connectivity index is 1.99. The van der Waals surface area contributed by atoms with E-state index >= 15 is 0 Å². The second-order valence-corrected chi connectivity index (χ2v) is 5.03. The summed E-state index contributed by atoms with van der Waals surface area (Å²) in [6.07, 6.45) is 0. The second kappa shape index (κ2) is 6.56. The Bertz CT molecular complexity index is 644. The average molecular weight is 308 g/mol. The van der Waals surface area contributed by atoms with E-state index in [0.29, 0.717) is 11.4 Å². The Kier molecular flexibility index (Phi) is 4.77. The maximum Gasteiger partial charge on any atom is 0.323 e. The van der Waals surface area contributed by atoms with Crippen LogP contribution >= 0.6 is 11.6 Å². The van der Waals surface area contributed by atoms with Gasteiger partial charge in [-0.2, -0.15) is 0 Å². The molecule has 0 bridgehead atoms. The van der Waals surface area contributed by atoms with Crippen LogP contribution in [0.4, 0.5) is 20.6 Å². The van der Waals surface area contributed by atoms with Gasteiger partial charge in [0.2, 0.25) is 0 Å². The lowest BCUT2D eigenvalue weighted by molar-refractivity contribution is 0.262. The number of carbonyl (C=O) groups is 1. The summed E-state index contributed by atoms with van der Waals surface area (Å²) in [4.78, 5) is 11.8. The van der Waals surface area contributed by atoms with E-state index < -0.39 is 11.8 Å². The zero-order valence-electron chi connectivity index (χ0n) is 11.4. The molecule has 4 N–H and O–H groups in total. The minimum atomic E-state index is -0.587. The average Bonchev–Trinajstić information content (AvgIpc) is 2.43. The number of urea groups is 1. The Hall–Kier alpha value is -2.11. The van der Waals surface area contributed by atoms with E-state index in [1.165, 1.54) is 12.1 Å². The summed E-state index contributed by atoms with van der Waals surface area (Å²) in [7, 11) is 0. The van der Waals surface area contributed by atoms with Crippen LogP contribution in [0.3, 0.4) is 0 Å². The molecule has 0 saturated carbocycles. The zero-order chi connectivity index (χ0) is 15.4. The zero-order valence-corrected chi connectivity index (χ0v) is 12.1. The number of benzene rings is 2. The molecule has 110 valence electrons. The minimum absolute atomic E-state index is 0.00690. The number of rotatable bonds is 3. The molecule has 2 amide bonds. The maximum absolute atomic E-state index is 13.3. The lowest BCUT2D eigenvalue weighted by atomic mass is 10.1. The highest BCUT2D eigenvalue weighted by atomic mass is 35.5. The molecule has 2 aromatic rings. The van der Waals surface area contributed by atoms with Crippen LogP contribution in [0, 0.1) is 5.82 Å². The lowest BCUT2D eigenvalue weighted by Crippen LogP contribution is -2.19. The second-order valence-electron chi connectivity index (χ2n) is 4.62. The molecule has 0 aliphatic heterocycles. The van der Waals surface area contributed by atoms with Crippen LogP contribution in [0.5, 0.6) is 0 Å². The molecule has 0 radical (unpaired) electrons. The van der Waals surface area contributed by atoms with E-state index in [1.807, 2.05) is 19.1 Å². The molecule has 1 unspecified atom stereocenters. The van der Waals surface area contributed by atoms with E-state index in [1.54, 1.807) is 12.1 Å². The highest BCUT2D eigenvalue weighted by molar-refractivity contribution is 6.30. The summed E-state index contributed by atoms with van der Waals surface area (Å²) < 4.78 is 13.3. The van der Waals surface area contributed by atoms with Gasteiger partial charge in [-0.1, -0.05) is 23.7 Å². The number of hydrogen-bond acceptors (Lipinski definition) is 2. The van der Waals surface area contributed by atoms with Gasteiger partial charge >= 0.3 is 6.03 Å². The van der Waals surface area contributed by atoms with Crippen LogP contribution in [0.2, 0.25) is 5.02 Å². The summed E-state index contributed by atoms with van der Waals surface area (Å²) in [5.41, 5.74) is 7.66. The van der Waals surface area contributed by atoms with Crippen molar-refractivity contribution in [3.63, 3.8) is 0 Å². The van der Waals surface area contributed by atoms with Gasteiger partial charge in [0.05, 0.1) is 5.02 Å². The summed E-state index contributed by atoms with van der Waals surface area (Å²) >= 11 is 5.57. The van der Waals surface area contributed by atoms with E-state index in [0.717, 1.165) is 11.6 Å². The lowest BCUT2D eigenvalue weighted by Gasteiger charge is -2.10. The molecule has 1 atom stereocenters. The van der Waals surface area contributed by atoms with Crippen molar-refractivity contribution in [1.82, 2.24) is 0 Å². The Morgan fingerprint density at radius 2 is 1.71 bits per heavy atom. The summed E-state index contributed by atoms with van der Waals surface area (Å²) in [6, 6.07) is 10.7. The number of anilines is 2. The number of hydrogen-bond donors (Lipinski definition) is 3. The number of nitrogens with one attached hydrogen (secondary N) is 2. The fraction of sp³-hybridized carbons (Fsp3) is 0.133. The van der Waals surface area contributed by atoms with E-state index in [4.69, 9.17) is 17.3 Å². The van der Waals surface area contributed by atoms with Crippen molar-refractivity contribution in [2.24, 2.45) is 5.73 Å². The number of halogens is 2. The molecular weight excluding hydrogens is 293 g/mol. The van der Waals surface area contributed by atoms with Gasteiger partial charge in [0.25, 0.3) is 0 Å². The van der Waals surface area contributed by atoms with Crippen LogP contribution in [0.25, 0.3) is 0 Å². The quantitative estimate of drug-likeness (QED) is 0.797. The smallest absolute Gasteiger partial charge is 0.323 e. The number of nitrogens with two attached hydrogens (primary N) is 1. The molecule has 2 aromatic carbocycles. The van der Waals surface area contributed by atoms with Crippen molar-refractivity contribution >= 4 is 29.0 Å². The number of carbonyl (C=O) groups excluding carboxylic acids is 1. The summed E-state index contributed by atoms with van der Waals surface area (Å²) in [5, 5.41) is 5.17. The van der Waals surface area contributed by atoms with E-state index in [-0.39, 0.29) is 11.1 Å². The van der Waals surface area contributed by atoms with E-state index in [9.17, 15) is 9.18 Å². The summed E-state index contributed by atoms with van der Waals surface area (Å²) in [5.74, 6) is -0.587. The summed E-state index contributed by atoms with van der Waals surface area (Å²) in [6.45, 7) is 1.88. The van der Waals surface area contributed by atoms with Gasteiger partial charge in [0.15, 0.2) is 0 Å². The molecule has 2 rings (SSSR count). The van der Waals surface area contributed by atoms with Crippen LogP contribution in [-0.4, -0.2) is 6.03 Å². The van der Waals surface area contributed by atoms with Gasteiger partial charge in [0, 0.05) is 17.4 Å². The highest BCUT2D eigenvalue weighted by Gasteiger charge is 2.06. The molecule has 0 heterocycles. The molecule has 0 spiro atoms. The first-order valence-corrected chi connectivity index (χ1v) is 6.72. The normalized spacial score (nSPS) is 11.8. The Morgan fingerprint density at radius 1 is 1.14 bits per heavy atom.